The highest BCUT2D eigenvalue weighted by Crippen LogP contribution is 2.28. The number of aliphatic carboxylic acids is 1. The molecule has 0 aliphatic heterocycles. The monoisotopic (exact) mass is 285 g/mol. The number of carbonyl (C=O) groups is 1. The Morgan fingerprint density at radius 3 is 2.43 bits per heavy atom. The van der Waals surface area contributed by atoms with Crippen molar-refractivity contribution >= 4 is 11.7 Å². The Bertz CT molecular complexity index is 622. The van der Waals surface area contributed by atoms with Gasteiger partial charge < -0.3 is 15.1 Å². The van der Waals surface area contributed by atoms with Crippen LogP contribution in [0, 0.1) is 6.92 Å². The van der Waals surface area contributed by atoms with Crippen molar-refractivity contribution in [1.82, 2.24) is 0 Å². The van der Waals surface area contributed by atoms with Gasteiger partial charge >= 0.3 is 5.97 Å². The molecule has 0 spiro atoms. The molecule has 0 aliphatic rings. The van der Waals surface area contributed by atoms with E-state index in [-0.39, 0.29) is 18.3 Å². The van der Waals surface area contributed by atoms with E-state index in [1.54, 1.807) is 23.1 Å². The second-order valence-corrected chi connectivity index (χ2v) is 5.13. The van der Waals surface area contributed by atoms with Crippen molar-refractivity contribution < 1.29 is 15.0 Å². The van der Waals surface area contributed by atoms with Gasteiger partial charge in [0, 0.05) is 5.69 Å². The van der Waals surface area contributed by atoms with Crippen LogP contribution in [-0.4, -0.2) is 22.7 Å². The Balaban J connectivity index is 2.35. The fraction of sp³-hybridized carbons (Fsp3) is 0.235. The summed E-state index contributed by atoms with van der Waals surface area (Å²) in [5, 5.41) is 18.8. The van der Waals surface area contributed by atoms with Crippen molar-refractivity contribution in [3.63, 3.8) is 0 Å². The molecule has 0 radical (unpaired) electrons. The summed E-state index contributed by atoms with van der Waals surface area (Å²) in [5.41, 5.74) is 2.84. The second-order valence-electron chi connectivity index (χ2n) is 5.13. The zero-order valence-corrected chi connectivity index (χ0v) is 12.2. The molecule has 0 saturated carbocycles. The molecule has 0 bridgehead atoms. The summed E-state index contributed by atoms with van der Waals surface area (Å²) < 4.78 is 0. The van der Waals surface area contributed by atoms with E-state index in [0.29, 0.717) is 0 Å². The first-order valence-electron chi connectivity index (χ1n) is 6.81. The minimum absolute atomic E-state index is 0.0973. The van der Waals surface area contributed by atoms with Crippen LogP contribution in [0.1, 0.15) is 24.1 Å². The summed E-state index contributed by atoms with van der Waals surface area (Å²) in [6, 6.07) is 14.5. The fourth-order valence-electron chi connectivity index (χ4n) is 2.30. The Morgan fingerprint density at radius 2 is 1.86 bits per heavy atom. The number of hydrogen-bond donors (Lipinski definition) is 2. The molecule has 0 fully saturated rings. The third-order valence-corrected chi connectivity index (χ3v) is 3.49. The zero-order chi connectivity index (χ0) is 15.4. The number of aromatic hydroxyl groups is 1. The van der Waals surface area contributed by atoms with Crippen LogP contribution in [0.2, 0.25) is 0 Å². The first-order valence-corrected chi connectivity index (χ1v) is 6.81. The van der Waals surface area contributed by atoms with Crippen molar-refractivity contribution in [2.24, 2.45) is 0 Å². The van der Waals surface area contributed by atoms with Crippen LogP contribution in [0.5, 0.6) is 5.75 Å². The molecule has 0 saturated heterocycles. The molecule has 2 rings (SSSR count). The maximum atomic E-state index is 11.2. The van der Waals surface area contributed by atoms with Crippen LogP contribution in [0.25, 0.3) is 0 Å². The molecule has 1 unspecified atom stereocenters. The van der Waals surface area contributed by atoms with Crippen molar-refractivity contribution in [3.8, 4) is 5.75 Å². The SMILES string of the molecule is Cc1ccc(N(CC(=O)O)C(C)c2cccc(O)c2)cc1. The summed E-state index contributed by atoms with van der Waals surface area (Å²) in [6.45, 7) is 3.82. The van der Waals surface area contributed by atoms with Gasteiger partial charge in [-0.2, -0.15) is 0 Å². The lowest BCUT2D eigenvalue weighted by atomic mass is 10.1. The van der Waals surface area contributed by atoms with Gasteiger partial charge in [0.1, 0.15) is 12.3 Å². The van der Waals surface area contributed by atoms with Crippen LogP contribution >= 0.6 is 0 Å². The van der Waals surface area contributed by atoms with Gasteiger partial charge in [0.05, 0.1) is 6.04 Å². The minimum Gasteiger partial charge on any atom is -0.508 e. The Labute approximate surface area is 124 Å². The van der Waals surface area contributed by atoms with Gasteiger partial charge in [0.2, 0.25) is 0 Å². The highest BCUT2D eigenvalue weighted by Gasteiger charge is 2.19. The maximum Gasteiger partial charge on any atom is 0.323 e. The summed E-state index contributed by atoms with van der Waals surface area (Å²) in [6.07, 6.45) is 0. The number of anilines is 1. The first-order chi connectivity index (χ1) is 9.97. The maximum absolute atomic E-state index is 11.2. The summed E-state index contributed by atoms with van der Waals surface area (Å²) in [7, 11) is 0. The number of phenols is 1. The smallest absolute Gasteiger partial charge is 0.323 e. The third-order valence-electron chi connectivity index (χ3n) is 3.49. The number of benzene rings is 2. The van der Waals surface area contributed by atoms with Crippen molar-refractivity contribution in [3.05, 3.63) is 59.7 Å². The van der Waals surface area contributed by atoms with E-state index in [9.17, 15) is 9.90 Å². The van der Waals surface area contributed by atoms with Crippen LogP contribution < -0.4 is 4.90 Å². The normalized spacial score (nSPS) is 11.9. The molecule has 2 N–H and O–H groups in total. The molecule has 110 valence electrons. The standard InChI is InChI=1S/C17H19NO3/c1-12-6-8-15(9-7-12)18(11-17(20)21)13(2)14-4-3-5-16(19)10-14/h3-10,13,19H,11H2,1-2H3,(H,20,21). The summed E-state index contributed by atoms with van der Waals surface area (Å²) >= 11 is 0. The van der Waals surface area contributed by atoms with Gasteiger partial charge in [0.25, 0.3) is 0 Å². The lowest BCUT2D eigenvalue weighted by molar-refractivity contribution is -0.135. The Kier molecular flexibility index (Phi) is 4.48. The van der Waals surface area contributed by atoms with E-state index in [0.717, 1.165) is 16.8 Å². The van der Waals surface area contributed by atoms with E-state index < -0.39 is 5.97 Å². The topological polar surface area (TPSA) is 60.8 Å². The second kappa shape index (κ2) is 6.31. The molecule has 21 heavy (non-hydrogen) atoms. The molecular formula is C17H19NO3. The van der Waals surface area contributed by atoms with Gasteiger partial charge in [-0.05, 0) is 43.7 Å². The molecule has 0 aliphatic carbocycles. The van der Waals surface area contributed by atoms with E-state index in [2.05, 4.69) is 0 Å². The lowest BCUT2D eigenvalue weighted by Gasteiger charge is -2.30. The van der Waals surface area contributed by atoms with Crippen molar-refractivity contribution in [1.29, 1.82) is 0 Å². The van der Waals surface area contributed by atoms with E-state index >= 15 is 0 Å². The van der Waals surface area contributed by atoms with Crippen molar-refractivity contribution in [2.75, 3.05) is 11.4 Å². The van der Waals surface area contributed by atoms with Gasteiger partial charge in [-0.15, -0.1) is 0 Å². The molecule has 0 amide bonds. The molecular weight excluding hydrogens is 266 g/mol. The number of aryl methyl sites for hydroxylation is 1. The molecule has 4 heteroatoms. The third kappa shape index (κ3) is 3.75. The molecule has 0 aromatic heterocycles. The van der Waals surface area contributed by atoms with E-state index in [1.165, 1.54) is 0 Å². The molecule has 4 nitrogen and oxygen atoms in total. The largest absolute Gasteiger partial charge is 0.508 e. The predicted octanol–water partition coefficient (Wildman–Crippen LogP) is 3.35. The molecule has 2 aromatic rings. The number of carboxylic acids is 1. The van der Waals surface area contributed by atoms with Crippen molar-refractivity contribution in [2.45, 2.75) is 19.9 Å². The minimum atomic E-state index is -0.887. The average Bonchev–Trinajstić information content (AvgIpc) is 2.45. The fourth-order valence-corrected chi connectivity index (χ4v) is 2.30. The van der Waals surface area contributed by atoms with Crippen LogP contribution in [0.15, 0.2) is 48.5 Å². The highest BCUT2D eigenvalue weighted by atomic mass is 16.4. The molecule has 0 heterocycles. The number of hydrogen-bond acceptors (Lipinski definition) is 3. The lowest BCUT2D eigenvalue weighted by Crippen LogP contribution is -2.32. The van der Waals surface area contributed by atoms with E-state index in [1.807, 2.05) is 44.2 Å². The van der Waals surface area contributed by atoms with Crippen LogP contribution in [0.3, 0.4) is 0 Å². The number of nitrogens with zero attached hydrogens (tertiary/aromatic N) is 1. The Hall–Kier alpha value is -2.49. The number of rotatable bonds is 5. The average molecular weight is 285 g/mol. The van der Waals surface area contributed by atoms with Gasteiger partial charge in [-0.1, -0.05) is 29.8 Å². The number of carboxylic acid groups (broad SMARTS) is 1. The summed E-state index contributed by atoms with van der Waals surface area (Å²) in [5.74, 6) is -0.707. The molecule has 2 aromatic carbocycles. The van der Waals surface area contributed by atoms with Crippen LogP contribution in [-0.2, 0) is 4.79 Å². The Morgan fingerprint density at radius 1 is 1.19 bits per heavy atom. The van der Waals surface area contributed by atoms with Crippen LogP contribution in [0.4, 0.5) is 5.69 Å². The molecule has 1 atom stereocenters. The van der Waals surface area contributed by atoms with Gasteiger partial charge in [-0.3, -0.25) is 4.79 Å². The highest BCUT2D eigenvalue weighted by molar-refractivity contribution is 5.74. The van der Waals surface area contributed by atoms with Gasteiger partial charge in [0.15, 0.2) is 0 Å². The quantitative estimate of drug-likeness (QED) is 0.884. The first kappa shape index (κ1) is 14.9. The number of phenolic OH excluding ortho intramolecular Hbond substituents is 1. The van der Waals surface area contributed by atoms with Gasteiger partial charge in [-0.25, -0.2) is 0 Å². The van der Waals surface area contributed by atoms with E-state index in [4.69, 9.17) is 5.11 Å². The predicted molar refractivity (Wildman–Crippen MR) is 82.7 cm³/mol. The summed E-state index contributed by atoms with van der Waals surface area (Å²) in [4.78, 5) is 13.0. The zero-order valence-electron chi connectivity index (χ0n) is 12.2.